The highest BCUT2D eigenvalue weighted by atomic mass is 127. The zero-order valence-corrected chi connectivity index (χ0v) is 16.4. The van der Waals surface area contributed by atoms with Crippen LogP contribution in [-0.2, 0) is 0 Å². The van der Waals surface area contributed by atoms with Crippen molar-refractivity contribution < 1.29 is 9.52 Å². The van der Waals surface area contributed by atoms with Gasteiger partial charge in [-0.15, -0.1) is 10.2 Å². The number of hydrogen-bond donors (Lipinski definition) is 2. The van der Waals surface area contributed by atoms with Gasteiger partial charge in [0.25, 0.3) is 0 Å². The van der Waals surface area contributed by atoms with Crippen molar-refractivity contribution in [3.63, 3.8) is 0 Å². The van der Waals surface area contributed by atoms with E-state index < -0.39 is 6.04 Å². The van der Waals surface area contributed by atoms with Crippen molar-refractivity contribution in [1.82, 2.24) is 10.2 Å². The molecule has 0 aliphatic carbocycles. The van der Waals surface area contributed by atoms with Gasteiger partial charge in [0.1, 0.15) is 12.1 Å². The fourth-order valence-electron chi connectivity index (χ4n) is 2.48. The Hall–Kier alpha value is -2.95. The molecule has 27 heavy (non-hydrogen) atoms. The van der Waals surface area contributed by atoms with Crippen LogP contribution in [0.4, 0.5) is 5.69 Å². The monoisotopic (exact) mass is 471 g/mol. The first-order chi connectivity index (χ1) is 13.1. The van der Waals surface area contributed by atoms with E-state index in [0.29, 0.717) is 22.6 Å². The number of nitrogens with zero attached hydrogens (tertiary/aromatic N) is 4. The molecule has 0 unspecified atom stereocenters. The summed E-state index contributed by atoms with van der Waals surface area (Å²) < 4.78 is 6.55. The molecule has 0 fully saturated rings. The standard InChI is InChI=1S/C19H14IN5O2/c1-11-15(7-6-14(9-22)17(11)20)23-16(10-26)19-25-24-18(27-19)13-4-2-12(8-21)3-5-13/h2-7,16,23,26H,10H2,1H3/t16-/m1/s1. The van der Waals surface area contributed by atoms with Gasteiger partial charge in [0, 0.05) is 14.8 Å². The molecule has 2 N–H and O–H groups in total. The molecule has 134 valence electrons. The predicted octanol–water partition coefficient (Wildman–Crippen LogP) is 3.54. The van der Waals surface area contributed by atoms with Crippen LogP contribution in [0.5, 0.6) is 0 Å². The van der Waals surface area contributed by atoms with Gasteiger partial charge in [-0.2, -0.15) is 10.5 Å². The highest BCUT2D eigenvalue weighted by Crippen LogP contribution is 2.28. The lowest BCUT2D eigenvalue weighted by atomic mass is 10.1. The molecule has 7 nitrogen and oxygen atoms in total. The van der Waals surface area contributed by atoms with Crippen molar-refractivity contribution in [2.24, 2.45) is 0 Å². The summed E-state index contributed by atoms with van der Waals surface area (Å²) in [5.74, 6) is 0.552. The van der Waals surface area contributed by atoms with E-state index in [9.17, 15) is 5.11 Å². The van der Waals surface area contributed by atoms with Gasteiger partial charge in [-0.3, -0.25) is 0 Å². The third kappa shape index (κ3) is 3.92. The molecule has 2 aromatic carbocycles. The van der Waals surface area contributed by atoms with E-state index in [-0.39, 0.29) is 12.5 Å². The lowest BCUT2D eigenvalue weighted by Crippen LogP contribution is -2.16. The van der Waals surface area contributed by atoms with Crippen molar-refractivity contribution in [3.8, 4) is 23.6 Å². The number of rotatable bonds is 5. The summed E-state index contributed by atoms with van der Waals surface area (Å²) in [6.45, 7) is 1.65. The maximum absolute atomic E-state index is 9.77. The molecule has 0 bridgehead atoms. The largest absolute Gasteiger partial charge is 0.418 e. The number of halogens is 1. The molecule has 1 aromatic heterocycles. The van der Waals surface area contributed by atoms with Gasteiger partial charge in [0.05, 0.1) is 23.8 Å². The number of benzene rings is 2. The normalized spacial score (nSPS) is 11.4. The smallest absolute Gasteiger partial charge is 0.247 e. The van der Waals surface area contributed by atoms with E-state index in [0.717, 1.165) is 14.8 Å². The average molecular weight is 471 g/mol. The summed E-state index contributed by atoms with van der Waals surface area (Å²) in [6, 6.07) is 13.9. The van der Waals surface area contributed by atoms with Crippen LogP contribution in [0.25, 0.3) is 11.5 Å². The molecule has 0 saturated heterocycles. The quantitative estimate of drug-likeness (QED) is 0.547. The minimum atomic E-state index is -0.591. The number of hydrogen-bond acceptors (Lipinski definition) is 7. The van der Waals surface area contributed by atoms with Gasteiger partial charge in [-0.25, -0.2) is 0 Å². The minimum Gasteiger partial charge on any atom is -0.418 e. The third-order valence-corrected chi connectivity index (χ3v) is 5.41. The van der Waals surface area contributed by atoms with Crippen molar-refractivity contribution in [3.05, 3.63) is 62.5 Å². The van der Waals surface area contributed by atoms with E-state index in [2.05, 4.69) is 50.2 Å². The molecule has 8 heteroatoms. The summed E-state index contributed by atoms with van der Waals surface area (Å²) in [5.41, 5.74) is 3.50. The molecule has 1 heterocycles. The van der Waals surface area contributed by atoms with Gasteiger partial charge in [-0.1, -0.05) is 0 Å². The molecule has 0 spiro atoms. The Balaban J connectivity index is 1.85. The van der Waals surface area contributed by atoms with Gasteiger partial charge < -0.3 is 14.8 Å². The summed E-state index contributed by atoms with van der Waals surface area (Å²) in [4.78, 5) is 0. The van der Waals surface area contributed by atoms with Crippen LogP contribution in [0.3, 0.4) is 0 Å². The number of nitrogens with one attached hydrogen (secondary N) is 1. The average Bonchev–Trinajstić information content (AvgIpc) is 3.19. The molecule has 0 radical (unpaired) electrons. The summed E-state index contributed by atoms with van der Waals surface area (Å²) >= 11 is 2.12. The molecular weight excluding hydrogens is 457 g/mol. The fraction of sp³-hybridized carbons (Fsp3) is 0.158. The zero-order valence-electron chi connectivity index (χ0n) is 14.3. The Labute approximate surface area is 169 Å². The number of aliphatic hydroxyl groups is 1. The maximum atomic E-state index is 9.77. The summed E-state index contributed by atoms with van der Waals surface area (Å²) in [7, 11) is 0. The molecular formula is C19H14IN5O2. The summed E-state index contributed by atoms with van der Waals surface area (Å²) in [6.07, 6.45) is 0. The van der Waals surface area contributed by atoms with Crippen LogP contribution in [0.1, 0.15) is 28.6 Å². The van der Waals surface area contributed by atoms with Crippen molar-refractivity contribution in [2.45, 2.75) is 13.0 Å². The fourth-order valence-corrected chi connectivity index (χ4v) is 3.07. The van der Waals surface area contributed by atoms with E-state index >= 15 is 0 Å². The van der Waals surface area contributed by atoms with E-state index in [1.54, 1.807) is 36.4 Å². The summed E-state index contributed by atoms with van der Waals surface area (Å²) in [5, 5.41) is 39.0. The second-order valence-electron chi connectivity index (χ2n) is 5.73. The third-order valence-electron chi connectivity index (χ3n) is 4.02. The lowest BCUT2D eigenvalue weighted by Gasteiger charge is -2.17. The number of anilines is 1. The number of aromatic nitrogens is 2. The molecule has 3 rings (SSSR count). The molecule has 0 saturated carbocycles. The predicted molar refractivity (Wildman–Crippen MR) is 107 cm³/mol. The van der Waals surface area contributed by atoms with Gasteiger partial charge >= 0.3 is 0 Å². The molecule has 0 aliphatic rings. The first-order valence-corrected chi connectivity index (χ1v) is 9.05. The van der Waals surface area contributed by atoms with Gasteiger partial charge in [0.15, 0.2) is 0 Å². The van der Waals surface area contributed by atoms with Crippen LogP contribution < -0.4 is 5.32 Å². The minimum absolute atomic E-state index is 0.245. The van der Waals surface area contributed by atoms with E-state index in [4.69, 9.17) is 14.9 Å². The van der Waals surface area contributed by atoms with Crippen molar-refractivity contribution >= 4 is 28.3 Å². The molecule has 0 aliphatic heterocycles. The van der Waals surface area contributed by atoms with E-state index in [1.807, 2.05) is 6.92 Å². The zero-order chi connectivity index (χ0) is 19.4. The Morgan fingerprint density at radius 3 is 2.52 bits per heavy atom. The number of nitriles is 2. The highest BCUT2D eigenvalue weighted by Gasteiger charge is 2.20. The van der Waals surface area contributed by atoms with Crippen molar-refractivity contribution in [1.29, 1.82) is 10.5 Å². The second kappa shape index (κ2) is 8.16. The number of aliphatic hydroxyl groups excluding tert-OH is 1. The van der Waals surface area contributed by atoms with Crippen LogP contribution in [-0.4, -0.2) is 21.9 Å². The van der Waals surface area contributed by atoms with Crippen LogP contribution >= 0.6 is 22.6 Å². The maximum Gasteiger partial charge on any atom is 0.247 e. The van der Waals surface area contributed by atoms with Crippen LogP contribution in [0, 0.1) is 33.2 Å². The van der Waals surface area contributed by atoms with Gasteiger partial charge in [0.2, 0.25) is 11.8 Å². The van der Waals surface area contributed by atoms with Gasteiger partial charge in [-0.05, 0) is 71.5 Å². The molecule has 1 atom stereocenters. The van der Waals surface area contributed by atoms with Crippen LogP contribution in [0.15, 0.2) is 40.8 Å². The Morgan fingerprint density at radius 1 is 1.15 bits per heavy atom. The molecule has 0 amide bonds. The van der Waals surface area contributed by atoms with Crippen molar-refractivity contribution in [2.75, 3.05) is 11.9 Å². The SMILES string of the molecule is Cc1c(N[C@H](CO)c2nnc(-c3ccc(C#N)cc3)o2)ccc(C#N)c1I. The van der Waals surface area contributed by atoms with Crippen LogP contribution in [0.2, 0.25) is 0 Å². The lowest BCUT2D eigenvalue weighted by molar-refractivity contribution is 0.258. The first-order valence-electron chi connectivity index (χ1n) is 7.98. The first kappa shape index (κ1) is 18.8. The topological polar surface area (TPSA) is 119 Å². The highest BCUT2D eigenvalue weighted by molar-refractivity contribution is 14.1. The Bertz CT molecular complexity index is 1050. The Morgan fingerprint density at radius 2 is 1.89 bits per heavy atom. The molecule has 3 aromatic rings. The van der Waals surface area contributed by atoms with E-state index in [1.165, 1.54) is 0 Å². The Kier molecular flexibility index (Phi) is 5.69. The second-order valence-corrected chi connectivity index (χ2v) is 6.80.